The number of aromatic nitrogens is 1. The molecule has 2 aromatic rings. The zero-order chi connectivity index (χ0) is 12.4. The average Bonchev–Trinajstić information content (AvgIpc) is 2.61. The quantitative estimate of drug-likeness (QED) is 0.872. The number of aryl methyl sites for hydroxylation is 2. The summed E-state index contributed by atoms with van der Waals surface area (Å²) in [6, 6.07) is 6.28. The first-order chi connectivity index (χ1) is 8.06. The maximum Gasteiger partial charge on any atom is 0.123 e. The summed E-state index contributed by atoms with van der Waals surface area (Å²) < 4.78 is 0. The fraction of sp³-hybridized carbons (Fsp3) is 0.308. The molecule has 0 fully saturated rings. The fourth-order valence-corrected chi connectivity index (χ4v) is 2.92. The van der Waals surface area contributed by atoms with Gasteiger partial charge >= 0.3 is 0 Å². The van der Waals surface area contributed by atoms with Gasteiger partial charge in [-0.2, -0.15) is 0 Å². The minimum Gasteiger partial charge on any atom is -0.384 e. The Morgan fingerprint density at radius 3 is 2.65 bits per heavy atom. The molecule has 2 aromatic heterocycles. The number of hydrogen-bond acceptors (Lipinski definition) is 4. The van der Waals surface area contributed by atoms with E-state index in [-0.39, 0.29) is 6.04 Å². The Hall–Kier alpha value is -1.55. The topological polar surface area (TPSA) is 50.9 Å². The number of rotatable bonds is 3. The molecular weight excluding hydrogens is 230 g/mol. The molecule has 0 aliphatic rings. The van der Waals surface area contributed by atoms with E-state index in [1.807, 2.05) is 17.4 Å². The van der Waals surface area contributed by atoms with E-state index in [9.17, 15) is 0 Å². The maximum atomic E-state index is 5.56. The van der Waals surface area contributed by atoms with Gasteiger partial charge in [-0.1, -0.05) is 0 Å². The van der Waals surface area contributed by atoms with Gasteiger partial charge in [0.2, 0.25) is 0 Å². The van der Waals surface area contributed by atoms with Crippen LogP contribution in [0, 0.1) is 13.8 Å². The number of pyridine rings is 1. The van der Waals surface area contributed by atoms with Crippen molar-refractivity contribution in [1.82, 2.24) is 4.98 Å². The molecule has 0 aromatic carbocycles. The van der Waals surface area contributed by atoms with E-state index in [0.717, 1.165) is 5.69 Å². The monoisotopic (exact) mass is 247 g/mol. The summed E-state index contributed by atoms with van der Waals surface area (Å²) in [5.41, 5.74) is 7.91. The standard InChI is InChI=1S/C13H17N3S/c1-8-6-12(10(3)17-8)9(2)16-11-4-5-13(14)15-7-11/h4-7,9,16H,1-3H3,(H2,14,15). The van der Waals surface area contributed by atoms with E-state index >= 15 is 0 Å². The molecule has 3 nitrogen and oxygen atoms in total. The van der Waals surface area contributed by atoms with Gasteiger partial charge in [-0.3, -0.25) is 0 Å². The third-order valence-corrected chi connectivity index (χ3v) is 3.70. The SMILES string of the molecule is Cc1cc(C(C)Nc2ccc(N)nc2)c(C)s1. The third-order valence-electron chi connectivity index (χ3n) is 2.72. The second kappa shape index (κ2) is 4.75. The van der Waals surface area contributed by atoms with Gasteiger partial charge in [0.1, 0.15) is 5.82 Å². The minimum atomic E-state index is 0.283. The Morgan fingerprint density at radius 2 is 2.12 bits per heavy atom. The predicted molar refractivity (Wildman–Crippen MR) is 74.5 cm³/mol. The molecule has 2 heterocycles. The largest absolute Gasteiger partial charge is 0.384 e. The molecule has 2 rings (SSSR count). The van der Waals surface area contributed by atoms with Crippen LogP contribution in [0.1, 0.15) is 28.3 Å². The molecule has 17 heavy (non-hydrogen) atoms. The van der Waals surface area contributed by atoms with E-state index in [2.05, 4.69) is 37.1 Å². The predicted octanol–water partition coefficient (Wildman–Crippen LogP) is 3.52. The Labute approximate surface area is 106 Å². The van der Waals surface area contributed by atoms with Gasteiger partial charge in [-0.15, -0.1) is 11.3 Å². The molecule has 0 aliphatic carbocycles. The number of hydrogen-bond donors (Lipinski definition) is 2. The van der Waals surface area contributed by atoms with Crippen LogP contribution in [0.25, 0.3) is 0 Å². The van der Waals surface area contributed by atoms with Gasteiger partial charge in [0.25, 0.3) is 0 Å². The number of nitrogen functional groups attached to an aromatic ring is 1. The summed E-state index contributed by atoms with van der Waals surface area (Å²) in [5, 5.41) is 3.43. The Balaban J connectivity index is 2.14. The van der Waals surface area contributed by atoms with Crippen LogP contribution < -0.4 is 11.1 Å². The summed E-state index contributed by atoms with van der Waals surface area (Å²) in [5.74, 6) is 0.547. The molecule has 0 radical (unpaired) electrons. The lowest BCUT2D eigenvalue weighted by Crippen LogP contribution is -2.07. The highest BCUT2D eigenvalue weighted by molar-refractivity contribution is 7.12. The molecule has 1 atom stereocenters. The van der Waals surface area contributed by atoms with E-state index < -0.39 is 0 Å². The molecule has 0 bridgehead atoms. The smallest absolute Gasteiger partial charge is 0.123 e. The van der Waals surface area contributed by atoms with Crippen LogP contribution in [-0.2, 0) is 0 Å². The van der Waals surface area contributed by atoms with Gasteiger partial charge in [0, 0.05) is 15.8 Å². The maximum absolute atomic E-state index is 5.56. The van der Waals surface area contributed by atoms with Gasteiger partial charge in [0.15, 0.2) is 0 Å². The molecule has 0 spiro atoms. The molecule has 4 heteroatoms. The van der Waals surface area contributed by atoms with Crippen LogP contribution in [0.15, 0.2) is 24.4 Å². The molecule has 1 unspecified atom stereocenters. The highest BCUT2D eigenvalue weighted by atomic mass is 32.1. The van der Waals surface area contributed by atoms with Crippen LogP contribution in [0.5, 0.6) is 0 Å². The molecular formula is C13H17N3S. The summed E-state index contributed by atoms with van der Waals surface area (Å²) in [4.78, 5) is 6.79. The summed E-state index contributed by atoms with van der Waals surface area (Å²) >= 11 is 1.83. The lowest BCUT2D eigenvalue weighted by molar-refractivity contribution is 0.880. The molecule has 90 valence electrons. The lowest BCUT2D eigenvalue weighted by Gasteiger charge is -2.15. The van der Waals surface area contributed by atoms with Crippen LogP contribution >= 0.6 is 11.3 Å². The van der Waals surface area contributed by atoms with Crippen molar-refractivity contribution in [2.24, 2.45) is 0 Å². The fourth-order valence-electron chi connectivity index (χ4n) is 1.90. The molecule has 0 amide bonds. The molecule has 3 N–H and O–H groups in total. The van der Waals surface area contributed by atoms with Crippen LogP contribution in [-0.4, -0.2) is 4.98 Å². The minimum absolute atomic E-state index is 0.283. The number of nitrogens with one attached hydrogen (secondary N) is 1. The van der Waals surface area contributed by atoms with Gasteiger partial charge in [0.05, 0.1) is 11.9 Å². The van der Waals surface area contributed by atoms with Crippen LogP contribution in [0.4, 0.5) is 11.5 Å². The molecule has 0 saturated carbocycles. The molecule has 0 aliphatic heterocycles. The van der Waals surface area contributed by atoms with Crippen molar-refractivity contribution < 1.29 is 0 Å². The van der Waals surface area contributed by atoms with Crippen molar-refractivity contribution in [3.8, 4) is 0 Å². The van der Waals surface area contributed by atoms with Crippen LogP contribution in [0.3, 0.4) is 0 Å². The van der Waals surface area contributed by atoms with E-state index in [0.29, 0.717) is 5.82 Å². The summed E-state index contributed by atoms with van der Waals surface area (Å²) in [7, 11) is 0. The Bertz CT molecular complexity index is 502. The number of nitrogens with two attached hydrogens (primary N) is 1. The van der Waals surface area contributed by atoms with E-state index in [1.165, 1.54) is 15.3 Å². The number of nitrogens with zero attached hydrogens (tertiary/aromatic N) is 1. The number of anilines is 2. The normalized spacial score (nSPS) is 12.4. The van der Waals surface area contributed by atoms with Crippen molar-refractivity contribution in [3.63, 3.8) is 0 Å². The van der Waals surface area contributed by atoms with Crippen molar-refractivity contribution in [3.05, 3.63) is 39.7 Å². The average molecular weight is 247 g/mol. The van der Waals surface area contributed by atoms with Gasteiger partial charge in [-0.05, 0) is 44.5 Å². The lowest BCUT2D eigenvalue weighted by atomic mass is 10.1. The third kappa shape index (κ3) is 2.77. The Kier molecular flexibility index (Phi) is 3.33. The van der Waals surface area contributed by atoms with Crippen molar-refractivity contribution in [2.75, 3.05) is 11.1 Å². The summed E-state index contributed by atoms with van der Waals surface area (Å²) in [6.07, 6.45) is 1.76. The van der Waals surface area contributed by atoms with Crippen LogP contribution in [0.2, 0.25) is 0 Å². The first-order valence-corrected chi connectivity index (χ1v) is 6.43. The zero-order valence-electron chi connectivity index (χ0n) is 10.3. The highest BCUT2D eigenvalue weighted by Gasteiger charge is 2.10. The van der Waals surface area contributed by atoms with Gasteiger partial charge in [-0.25, -0.2) is 4.98 Å². The van der Waals surface area contributed by atoms with E-state index in [1.54, 1.807) is 12.3 Å². The Morgan fingerprint density at radius 1 is 1.35 bits per heavy atom. The molecule has 0 saturated heterocycles. The first-order valence-electron chi connectivity index (χ1n) is 5.61. The number of thiophene rings is 1. The first kappa shape index (κ1) is 11.9. The van der Waals surface area contributed by atoms with Crippen molar-refractivity contribution in [1.29, 1.82) is 0 Å². The highest BCUT2D eigenvalue weighted by Crippen LogP contribution is 2.28. The van der Waals surface area contributed by atoms with Gasteiger partial charge < -0.3 is 11.1 Å². The van der Waals surface area contributed by atoms with E-state index in [4.69, 9.17) is 5.73 Å². The second-order valence-corrected chi connectivity index (χ2v) is 5.67. The zero-order valence-corrected chi connectivity index (χ0v) is 11.1. The van der Waals surface area contributed by atoms with Crippen molar-refractivity contribution >= 4 is 22.8 Å². The van der Waals surface area contributed by atoms with Crippen molar-refractivity contribution in [2.45, 2.75) is 26.8 Å². The second-order valence-electron chi connectivity index (χ2n) is 4.21. The summed E-state index contributed by atoms with van der Waals surface area (Å²) in [6.45, 7) is 6.45.